The van der Waals surface area contributed by atoms with E-state index >= 15 is 0 Å². The molecule has 0 unspecified atom stereocenters. The Bertz CT molecular complexity index is 740. The fourth-order valence-electron chi connectivity index (χ4n) is 2.01. The van der Waals surface area contributed by atoms with Gasteiger partial charge in [0, 0.05) is 36.3 Å². The van der Waals surface area contributed by atoms with Crippen LogP contribution in [0.25, 0.3) is 0 Å². The first kappa shape index (κ1) is 28.1. The van der Waals surface area contributed by atoms with Crippen molar-refractivity contribution in [3.05, 3.63) is 59.7 Å². The van der Waals surface area contributed by atoms with Crippen LogP contribution < -0.4 is 21.7 Å². The largest absolute Gasteiger partial charge is 0.453 e. The van der Waals surface area contributed by atoms with Crippen molar-refractivity contribution >= 4 is 39.5 Å². The highest BCUT2D eigenvalue weighted by Crippen LogP contribution is 2.07. The summed E-state index contributed by atoms with van der Waals surface area (Å²) in [7, 11) is 2.69. The number of amides is 2. The minimum atomic E-state index is -0.402. The highest BCUT2D eigenvalue weighted by molar-refractivity contribution is 9.09. The minimum absolute atomic E-state index is 0.385. The van der Waals surface area contributed by atoms with Gasteiger partial charge >= 0.3 is 12.2 Å². The molecule has 0 fully saturated rings. The maximum absolute atomic E-state index is 10.7. The quantitative estimate of drug-likeness (QED) is 0.272. The standard InChI is InChI=1S/C11H16N2O2.C7H9N.C4H8BrNO2/c1-9-3-5-10(6-4-9)12-7-8-13-11(14)15-2;1-6-3-2-4-7(8)5-6;1-8-4(7)6-3-2-5/h3-6,12H,7-8H2,1-2H3,(H,13,14);2-5H,8H2,1H3;2-3H2,1H3,(H,6,7). The van der Waals surface area contributed by atoms with E-state index in [-0.39, 0.29) is 6.09 Å². The number of ether oxygens (including phenoxy) is 2. The summed E-state index contributed by atoms with van der Waals surface area (Å²) < 4.78 is 8.72. The normalized spacial score (nSPS) is 9.06. The third kappa shape index (κ3) is 16.5. The fraction of sp³-hybridized carbons (Fsp3) is 0.364. The number of nitrogens with one attached hydrogen (secondary N) is 3. The SMILES string of the molecule is COC(=O)NCCBr.COC(=O)NCCNc1ccc(C)cc1.Cc1cccc(N)c1. The van der Waals surface area contributed by atoms with Crippen molar-refractivity contribution in [2.45, 2.75) is 13.8 Å². The smallest absolute Gasteiger partial charge is 0.406 e. The molecule has 8 nitrogen and oxygen atoms in total. The van der Waals surface area contributed by atoms with E-state index in [2.05, 4.69) is 41.4 Å². The molecular formula is C22H33BrN4O4. The summed E-state index contributed by atoms with van der Waals surface area (Å²) in [5.41, 5.74) is 9.79. The zero-order chi connectivity index (χ0) is 23.5. The Labute approximate surface area is 193 Å². The molecule has 2 amide bonds. The lowest BCUT2D eigenvalue weighted by Gasteiger charge is -2.07. The van der Waals surface area contributed by atoms with E-state index in [1.807, 2.05) is 62.4 Å². The lowest BCUT2D eigenvalue weighted by atomic mass is 10.2. The van der Waals surface area contributed by atoms with Gasteiger partial charge in [-0.15, -0.1) is 0 Å². The number of benzene rings is 2. The first-order valence-electron chi connectivity index (χ1n) is 9.64. The van der Waals surface area contributed by atoms with Gasteiger partial charge < -0.3 is 31.2 Å². The number of alkyl carbamates (subject to hydrolysis) is 2. The highest BCUT2D eigenvalue weighted by atomic mass is 79.9. The van der Waals surface area contributed by atoms with Crippen molar-refractivity contribution in [3.8, 4) is 0 Å². The fourth-order valence-corrected chi connectivity index (χ4v) is 2.20. The number of rotatable bonds is 6. The van der Waals surface area contributed by atoms with Crippen LogP contribution >= 0.6 is 15.9 Å². The number of aryl methyl sites for hydroxylation is 2. The second-order valence-electron chi connectivity index (χ2n) is 6.23. The molecule has 31 heavy (non-hydrogen) atoms. The van der Waals surface area contributed by atoms with E-state index in [9.17, 15) is 9.59 Å². The minimum Gasteiger partial charge on any atom is -0.453 e. The molecule has 9 heteroatoms. The molecule has 0 aliphatic carbocycles. The average Bonchev–Trinajstić information content (AvgIpc) is 2.76. The molecule has 2 rings (SSSR count). The molecule has 0 atom stereocenters. The Morgan fingerprint density at radius 1 is 0.871 bits per heavy atom. The van der Waals surface area contributed by atoms with Crippen molar-refractivity contribution in [2.24, 2.45) is 0 Å². The Morgan fingerprint density at radius 3 is 1.90 bits per heavy atom. The molecule has 0 aliphatic rings. The van der Waals surface area contributed by atoms with E-state index in [1.54, 1.807) is 0 Å². The third-order valence-electron chi connectivity index (χ3n) is 3.55. The Morgan fingerprint density at radius 2 is 1.45 bits per heavy atom. The number of hydrogen-bond donors (Lipinski definition) is 4. The average molecular weight is 497 g/mol. The van der Waals surface area contributed by atoms with Crippen LogP contribution in [-0.4, -0.2) is 51.4 Å². The van der Waals surface area contributed by atoms with E-state index in [4.69, 9.17) is 5.73 Å². The van der Waals surface area contributed by atoms with E-state index in [0.717, 1.165) is 16.7 Å². The summed E-state index contributed by atoms with van der Waals surface area (Å²) in [4.78, 5) is 20.9. The van der Waals surface area contributed by atoms with Crippen LogP contribution in [0.2, 0.25) is 0 Å². The zero-order valence-electron chi connectivity index (χ0n) is 18.5. The Balaban J connectivity index is 0.000000477. The van der Waals surface area contributed by atoms with Crippen molar-refractivity contribution in [1.82, 2.24) is 10.6 Å². The van der Waals surface area contributed by atoms with Gasteiger partial charge in [-0.3, -0.25) is 0 Å². The summed E-state index contributed by atoms with van der Waals surface area (Å²) in [6.07, 6.45) is -0.787. The van der Waals surface area contributed by atoms with E-state index < -0.39 is 6.09 Å². The Hall–Kier alpha value is -2.94. The molecule has 0 radical (unpaired) electrons. The summed E-state index contributed by atoms with van der Waals surface area (Å²) in [6.45, 7) is 5.89. The van der Waals surface area contributed by atoms with Gasteiger partial charge in [-0.2, -0.15) is 0 Å². The lowest BCUT2D eigenvalue weighted by molar-refractivity contribution is 0.170. The first-order chi connectivity index (χ1) is 14.8. The number of alkyl halides is 1. The van der Waals surface area contributed by atoms with Gasteiger partial charge in [-0.05, 0) is 43.7 Å². The van der Waals surface area contributed by atoms with Gasteiger partial charge in [0.15, 0.2) is 0 Å². The van der Waals surface area contributed by atoms with Gasteiger partial charge in [0.1, 0.15) is 0 Å². The number of carbonyl (C=O) groups is 2. The number of methoxy groups -OCH3 is 2. The maximum atomic E-state index is 10.7. The van der Waals surface area contributed by atoms with Crippen LogP contribution in [0.1, 0.15) is 11.1 Å². The van der Waals surface area contributed by atoms with Gasteiger partial charge in [0.05, 0.1) is 14.2 Å². The molecule has 0 heterocycles. The number of carbonyl (C=O) groups excluding carboxylic acids is 2. The molecule has 0 aromatic heterocycles. The number of hydrogen-bond acceptors (Lipinski definition) is 6. The van der Waals surface area contributed by atoms with Crippen LogP contribution in [0.3, 0.4) is 0 Å². The molecule has 0 aliphatic heterocycles. The molecule has 5 N–H and O–H groups in total. The van der Waals surface area contributed by atoms with Gasteiger partial charge in [-0.1, -0.05) is 45.8 Å². The van der Waals surface area contributed by atoms with Crippen LogP contribution in [-0.2, 0) is 9.47 Å². The van der Waals surface area contributed by atoms with Gasteiger partial charge in [-0.25, -0.2) is 9.59 Å². The molecule has 0 saturated heterocycles. The van der Waals surface area contributed by atoms with Crippen LogP contribution in [0.15, 0.2) is 48.5 Å². The first-order valence-corrected chi connectivity index (χ1v) is 10.8. The van der Waals surface area contributed by atoms with Crippen LogP contribution in [0.4, 0.5) is 21.0 Å². The molecular weight excluding hydrogens is 464 g/mol. The second-order valence-corrected chi connectivity index (χ2v) is 7.03. The number of nitrogens with two attached hydrogens (primary N) is 1. The second kappa shape index (κ2) is 17.9. The van der Waals surface area contributed by atoms with E-state index in [0.29, 0.717) is 19.6 Å². The van der Waals surface area contributed by atoms with Crippen molar-refractivity contribution < 1.29 is 19.1 Å². The summed E-state index contributed by atoms with van der Waals surface area (Å²) >= 11 is 3.14. The monoisotopic (exact) mass is 496 g/mol. The summed E-state index contributed by atoms with van der Waals surface area (Å²) in [5.74, 6) is 0. The molecule has 0 spiro atoms. The third-order valence-corrected chi connectivity index (χ3v) is 3.95. The molecule has 172 valence electrons. The van der Waals surface area contributed by atoms with Gasteiger partial charge in [0.25, 0.3) is 0 Å². The number of nitrogen functional groups attached to an aromatic ring is 1. The van der Waals surface area contributed by atoms with Crippen LogP contribution in [0.5, 0.6) is 0 Å². The topological polar surface area (TPSA) is 115 Å². The molecule has 0 bridgehead atoms. The van der Waals surface area contributed by atoms with Crippen LogP contribution in [0, 0.1) is 13.8 Å². The highest BCUT2D eigenvalue weighted by Gasteiger charge is 1.96. The van der Waals surface area contributed by atoms with Crippen molar-refractivity contribution in [2.75, 3.05) is 50.2 Å². The maximum Gasteiger partial charge on any atom is 0.406 e. The summed E-state index contributed by atoms with van der Waals surface area (Å²) in [6, 6.07) is 15.9. The summed E-state index contributed by atoms with van der Waals surface area (Å²) in [5, 5.41) is 9.00. The lowest BCUT2D eigenvalue weighted by Crippen LogP contribution is -2.28. The van der Waals surface area contributed by atoms with E-state index in [1.165, 1.54) is 25.3 Å². The predicted octanol–water partition coefficient (Wildman–Crippen LogP) is 4.08. The zero-order valence-corrected chi connectivity index (χ0v) is 20.1. The number of anilines is 2. The predicted molar refractivity (Wildman–Crippen MR) is 130 cm³/mol. The Kier molecular flexibility index (Phi) is 16.2. The van der Waals surface area contributed by atoms with Gasteiger partial charge in [0.2, 0.25) is 0 Å². The number of halogens is 1. The molecule has 2 aromatic rings. The molecule has 2 aromatic carbocycles. The molecule has 0 saturated carbocycles. The van der Waals surface area contributed by atoms with Crippen molar-refractivity contribution in [3.63, 3.8) is 0 Å². The van der Waals surface area contributed by atoms with Crippen molar-refractivity contribution in [1.29, 1.82) is 0 Å².